The molecule has 1 aliphatic heterocycles. The van der Waals surface area contributed by atoms with Gasteiger partial charge < -0.3 is 15.0 Å². The summed E-state index contributed by atoms with van der Waals surface area (Å²) < 4.78 is 5.93. The van der Waals surface area contributed by atoms with Crippen LogP contribution in [0.4, 0.5) is 5.69 Å². The molecule has 1 heterocycles. The lowest BCUT2D eigenvalue weighted by molar-refractivity contribution is 0.217. The highest BCUT2D eigenvalue weighted by Crippen LogP contribution is 2.23. The van der Waals surface area contributed by atoms with Gasteiger partial charge in [-0.25, -0.2) is 0 Å². The first-order valence-electron chi connectivity index (χ1n) is 7.94. The molecule has 112 valence electrons. The first-order chi connectivity index (χ1) is 9.69. The van der Waals surface area contributed by atoms with Gasteiger partial charge in [0, 0.05) is 30.9 Å². The molecular formula is C17H28N2O. The fraction of sp³-hybridized carbons (Fsp3) is 0.647. The van der Waals surface area contributed by atoms with E-state index in [1.165, 1.54) is 18.5 Å². The molecule has 0 saturated carbocycles. The molecule has 0 bridgehead atoms. The molecule has 1 aliphatic rings. The van der Waals surface area contributed by atoms with Gasteiger partial charge in [0.15, 0.2) is 0 Å². The normalized spacial score (nSPS) is 21.9. The first-order valence-corrected chi connectivity index (χ1v) is 7.94. The molecule has 2 unspecified atom stereocenters. The monoisotopic (exact) mass is 276 g/mol. The molecule has 3 heteroatoms. The molecular weight excluding hydrogens is 248 g/mol. The van der Waals surface area contributed by atoms with E-state index in [0.29, 0.717) is 6.04 Å². The van der Waals surface area contributed by atoms with Crippen LogP contribution < -0.4 is 15.0 Å². The summed E-state index contributed by atoms with van der Waals surface area (Å²) in [6, 6.07) is 9.16. The molecule has 1 aromatic rings. The van der Waals surface area contributed by atoms with Crippen molar-refractivity contribution in [2.75, 3.05) is 24.5 Å². The third-order valence-electron chi connectivity index (χ3n) is 4.02. The highest BCUT2D eigenvalue weighted by atomic mass is 16.5. The van der Waals surface area contributed by atoms with Gasteiger partial charge in [0.05, 0.1) is 6.10 Å². The standard InChI is InChI=1S/C17H28N2O/c1-4-15(3)20-17-8-5-7-16(13-17)19-11-6-10-18-14(2)9-12-19/h5,7-8,13-15,18H,4,6,9-12H2,1-3H3. The predicted octanol–water partition coefficient (Wildman–Crippen LogP) is 3.44. The van der Waals surface area contributed by atoms with Gasteiger partial charge in [-0.15, -0.1) is 0 Å². The second kappa shape index (κ2) is 7.53. The first kappa shape index (κ1) is 15.2. The molecule has 3 nitrogen and oxygen atoms in total. The smallest absolute Gasteiger partial charge is 0.121 e. The van der Waals surface area contributed by atoms with Gasteiger partial charge >= 0.3 is 0 Å². The molecule has 0 aliphatic carbocycles. The lowest BCUT2D eigenvalue weighted by Crippen LogP contribution is -2.38. The maximum Gasteiger partial charge on any atom is 0.121 e. The van der Waals surface area contributed by atoms with Crippen LogP contribution >= 0.6 is 0 Å². The van der Waals surface area contributed by atoms with Gasteiger partial charge in [0.2, 0.25) is 0 Å². The third kappa shape index (κ3) is 4.41. The van der Waals surface area contributed by atoms with Crippen LogP contribution in [0.2, 0.25) is 0 Å². The summed E-state index contributed by atoms with van der Waals surface area (Å²) in [4.78, 5) is 2.49. The maximum absolute atomic E-state index is 5.93. The number of ether oxygens (including phenoxy) is 1. The third-order valence-corrected chi connectivity index (χ3v) is 4.02. The van der Waals surface area contributed by atoms with Crippen LogP contribution in [0.5, 0.6) is 5.75 Å². The van der Waals surface area contributed by atoms with Gasteiger partial charge in [0.1, 0.15) is 5.75 Å². The Morgan fingerprint density at radius 1 is 1.40 bits per heavy atom. The van der Waals surface area contributed by atoms with E-state index in [1.807, 2.05) is 0 Å². The summed E-state index contributed by atoms with van der Waals surface area (Å²) in [6.45, 7) is 9.89. The van der Waals surface area contributed by atoms with Crippen molar-refractivity contribution in [3.63, 3.8) is 0 Å². The van der Waals surface area contributed by atoms with E-state index in [2.05, 4.69) is 55.3 Å². The fourth-order valence-corrected chi connectivity index (χ4v) is 2.51. The summed E-state index contributed by atoms with van der Waals surface area (Å²) in [5, 5.41) is 3.55. The molecule has 0 spiro atoms. The Bertz CT molecular complexity index is 408. The minimum atomic E-state index is 0.279. The molecule has 1 aromatic carbocycles. The van der Waals surface area contributed by atoms with Gasteiger partial charge in [-0.05, 0) is 51.8 Å². The number of hydrogen-bond acceptors (Lipinski definition) is 3. The fourth-order valence-electron chi connectivity index (χ4n) is 2.51. The highest BCUT2D eigenvalue weighted by molar-refractivity contribution is 5.50. The molecule has 20 heavy (non-hydrogen) atoms. The molecule has 1 fully saturated rings. The maximum atomic E-state index is 5.93. The summed E-state index contributed by atoms with van der Waals surface area (Å²) in [5.74, 6) is 0.991. The number of hydrogen-bond donors (Lipinski definition) is 1. The lowest BCUT2D eigenvalue weighted by atomic mass is 10.1. The SMILES string of the molecule is CCC(C)Oc1cccc(N2CCCNC(C)CC2)c1. The van der Waals surface area contributed by atoms with Crippen molar-refractivity contribution in [2.24, 2.45) is 0 Å². The van der Waals surface area contributed by atoms with E-state index >= 15 is 0 Å². The average Bonchev–Trinajstić information content (AvgIpc) is 2.43. The second-order valence-corrected chi connectivity index (χ2v) is 5.82. The van der Waals surface area contributed by atoms with Crippen molar-refractivity contribution in [2.45, 2.75) is 52.2 Å². The molecule has 2 atom stereocenters. The molecule has 0 aromatic heterocycles. The predicted molar refractivity (Wildman–Crippen MR) is 85.7 cm³/mol. The topological polar surface area (TPSA) is 24.5 Å². The summed E-state index contributed by atoms with van der Waals surface area (Å²) in [6.07, 6.45) is 3.70. The van der Waals surface area contributed by atoms with E-state index in [0.717, 1.165) is 31.8 Å². The number of nitrogens with one attached hydrogen (secondary N) is 1. The quantitative estimate of drug-likeness (QED) is 0.911. The van der Waals surface area contributed by atoms with Gasteiger partial charge in [0.25, 0.3) is 0 Å². The van der Waals surface area contributed by atoms with Crippen molar-refractivity contribution < 1.29 is 4.74 Å². The van der Waals surface area contributed by atoms with E-state index < -0.39 is 0 Å². The van der Waals surface area contributed by atoms with Gasteiger partial charge in [-0.1, -0.05) is 13.0 Å². The Morgan fingerprint density at radius 3 is 3.05 bits per heavy atom. The Labute approximate surface area is 123 Å². The Hall–Kier alpha value is -1.22. The summed E-state index contributed by atoms with van der Waals surface area (Å²) in [7, 11) is 0. The minimum absolute atomic E-state index is 0.279. The van der Waals surface area contributed by atoms with Crippen LogP contribution in [-0.4, -0.2) is 31.8 Å². The highest BCUT2D eigenvalue weighted by Gasteiger charge is 2.13. The van der Waals surface area contributed by atoms with Crippen molar-refractivity contribution >= 4 is 5.69 Å². The Morgan fingerprint density at radius 2 is 2.25 bits per heavy atom. The number of nitrogens with zero attached hydrogens (tertiary/aromatic N) is 1. The summed E-state index contributed by atoms with van der Waals surface area (Å²) in [5.41, 5.74) is 1.29. The molecule has 1 saturated heterocycles. The van der Waals surface area contributed by atoms with Crippen LogP contribution in [0.3, 0.4) is 0 Å². The number of benzene rings is 1. The van der Waals surface area contributed by atoms with E-state index in [1.54, 1.807) is 0 Å². The van der Waals surface area contributed by atoms with Crippen LogP contribution in [0, 0.1) is 0 Å². The van der Waals surface area contributed by atoms with Crippen molar-refractivity contribution in [1.29, 1.82) is 0 Å². The molecule has 0 radical (unpaired) electrons. The summed E-state index contributed by atoms with van der Waals surface area (Å²) >= 11 is 0. The zero-order chi connectivity index (χ0) is 14.4. The zero-order valence-electron chi connectivity index (χ0n) is 13.1. The van der Waals surface area contributed by atoms with E-state index in [4.69, 9.17) is 4.74 Å². The van der Waals surface area contributed by atoms with Gasteiger partial charge in [-0.3, -0.25) is 0 Å². The largest absolute Gasteiger partial charge is 0.491 e. The average molecular weight is 276 g/mol. The van der Waals surface area contributed by atoms with E-state index in [-0.39, 0.29) is 6.10 Å². The van der Waals surface area contributed by atoms with Crippen molar-refractivity contribution in [3.8, 4) is 5.75 Å². The molecule has 2 rings (SSSR count). The van der Waals surface area contributed by atoms with Crippen LogP contribution in [0.25, 0.3) is 0 Å². The molecule has 0 amide bonds. The number of rotatable bonds is 4. The molecule has 1 N–H and O–H groups in total. The lowest BCUT2D eigenvalue weighted by Gasteiger charge is -2.30. The Balaban J connectivity index is 2.04. The zero-order valence-corrected chi connectivity index (χ0v) is 13.1. The minimum Gasteiger partial charge on any atom is -0.491 e. The van der Waals surface area contributed by atoms with Crippen molar-refractivity contribution in [1.82, 2.24) is 5.32 Å². The van der Waals surface area contributed by atoms with E-state index in [9.17, 15) is 0 Å². The van der Waals surface area contributed by atoms with Crippen molar-refractivity contribution in [3.05, 3.63) is 24.3 Å². The second-order valence-electron chi connectivity index (χ2n) is 5.82. The Kier molecular flexibility index (Phi) is 5.72. The van der Waals surface area contributed by atoms with Gasteiger partial charge in [-0.2, -0.15) is 0 Å². The van der Waals surface area contributed by atoms with Crippen LogP contribution in [-0.2, 0) is 0 Å². The number of anilines is 1. The van der Waals surface area contributed by atoms with Crippen LogP contribution in [0.1, 0.15) is 40.0 Å². The van der Waals surface area contributed by atoms with Crippen LogP contribution in [0.15, 0.2) is 24.3 Å².